The molecule has 0 heterocycles. The van der Waals surface area contributed by atoms with Crippen molar-refractivity contribution < 1.29 is 22.4 Å². The lowest BCUT2D eigenvalue weighted by molar-refractivity contribution is -0.137. The number of rotatable bonds is 2. The van der Waals surface area contributed by atoms with Gasteiger partial charge in [0.15, 0.2) is 0 Å². The van der Waals surface area contributed by atoms with E-state index in [4.69, 9.17) is 0 Å². The van der Waals surface area contributed by atoms with Crippen LogP contribution in [0.15, 0.2) is 42.5 Å². The number of anilines is 1. The molecule has 0 atom stereocenters. The highest BCUT2D eigenvalue weighted by Crippen LogP contribution is 2.29. The third-order valence-corrected chi connectivity index (χ3v) is 2.82. The van der Waals surface area contributed by atoms with Crippen LogP contribution >= 0.6 is 0 Å². The fraction of sp³-hybridized carbons (Fsp3) is 0.133. The summed E-state index contributed by atoms with van der Waals surface area (Å²) in [4.78, 5) is 11.9. The first-order valence-corrected chi connectivity index (χ1v) is 6.02. The summed E-state index contributed by atoms with van der Waals surface area (Å²) < 4.78 is 51.3. The molecule has 0 aliphatic rings. The van der Waals surface area contributed by atoms with Crippen molar-refractivity contribution in [1.82, 2.24) is 0 Å². The molecule has 2 nitrogen and oxygen atoms in total. The predicted octanol–water partition coefficient (Wildman–Crippen LogP) is 4.41. The van der Waals surface area contributed by atoms with Crippen LogP contribution in [-0.2, 0) is 6.18 Å². The van der Waals surface area contributed by atoms with Crippen molar-refractivity contribution in [1.29, 1.82) is 0 Å². The maximum Gasteiger partial charge on any atom is 0.416 e. The number of hydrogen-bond donors (Lipinski definition) is 1. The molecule has 6 heteroatoms. The van der Waals surface area contributed by atoms with E-state index in [9.17, 15) is 22.4 Å². The number of aryl methyl sites for hydroxylation is 1. The zero-order valence-electron chi connectivity index (χ0n) is 11.0. The molecule has 0 bridgehead atoms. The molecule has 0 radical (unpaired) electrons. The molecular weight excluding hydrogens is 286 g/mol. The van der Waals surface area contributed by atoms with Gasteiger partial charge in [0.05, 0.1) is 11.3 Å². The summed E-state index contributed by atoms with van der Waals surface area (Å²) in [5.41, 5.74) is -0.531. The van der Waals surface area contributed by atoms with Crippen LogP contribution in [0.5, 0.6) is 0 Å². The van der Waals surface area contributed by atoms with Crippen LogP contribution in [0.4, 0.5) is 23.2 Å². The zero-order valence-corrected chi connectivity index (χ0v) is 11.0. The van der Waals surface area contributed by atoms with E-state index in [2.05, 4.69) is 5.32 Å². The maximum absolute atomic E-state index is 13.6. The van der Waals surface area contributed by atoms with E-state index in [0.29, 0.717) is 5.56 Å². The van der Waals surface area contributed by atoms with Gasteiger partial charge in [-0.1, -0.05) is 12.1 Å². The number of carbonyl (C=O) groups excluding carboxylic acids is 1. The summed E-state index contributed by atoms with van der Waals surface area (Å²) in [7, 11) is 0. The zero-order chi connectivity index (χ0) is 15.6. The van der Waals surface area contributed by atoms with E-state index in [1.54, 1.807) is 13.0 Å². The second kappa shape index (κ2) is 5.55. The number of hydrogen-bond acceptors (Lipinski definition) is 1. The fourth-order valence-corrected chi connectivity index (χ4v) is 1.75. The Hall–Kier alpha value is -2.37. The molecule has 2 aromatic rings. The molecule has 0 fully saturated rings. The second-order valence-corrected chi connectivity index (χ2v) is 4.52. The highest BCUT2D eigenvalue weighted by molar-refractivity contribution is 6.04. The smallest absolute Gasteiger partial charge is 0.319 e. The lowest BCUT2D eigenvalue weighted by atomic mass is 10.1. The Kier molecular flexibility index (Phi) is 3.97. The summed E-state index contributed by atoms with van der Waals surface area (Å²) in [5, 5.41) is 2.25. The Labute approximate surface area is 118 Å². The Morgan fingerprint density at radius 2 is 1.81 bits per heavy atom. The molecular formula is C15H11F4NO. The van der Waals surface area contributed by atoms with Crippen molar-refractivity contribution in [3.8, 4) is 0 Å². The molecule has 1 N–H and O–H groups in total. The van der Waals surface area contributed by atoms with Crippen molar-refractivity contribution in [3.05, 3.63) is 65.0 Å². The topological polar surface area (TPSA) is 29.1 Å². The molecule has 0 saturated carbocycles. The van der Waals surface area contributed by atoms with Crippen LogP contribution in [0, 0.1) is 12.7 Å². The number of amides is 1. The highest BCUT2D eigenvalue weighted by Gasteiger charge is 2.30. The van der Waals surface area contributed by atoms with Gasteiger partial charge in [0.25, 0.3) is 5.91 Å². The van der Waals surface area contributed by atoms with Gasteiger partial charge in [-0.15, -0.1) is 0 Å². The SMILES string of the molecule is Cc1ccc(NC(=O)c2cccc(C(F)(F)F)c2)c(F)c1. The first kappa shape index (κ1) is 15.0. The van der Waals surface area contributed by atoms with E-state index in [0.717, 1.165) is 18.2 Å². The predicted molar refractivity (Wildman–Crippen MR) is 70.5 cm³/mol. The van der Waals surface area contributed by atoms with Gasteiger partial charge < -0.3 is 5.32 Å². The first-order chi connectivity index (χ1) is 9.77. The average Bonchev–Trinajstić information content (AvgIpc) is 2.41. The van der Waals surface area contributed by atoms with Gasteiger partial charge in [-0.05, 0) is 42.8 Å². The Morgan fingerprint density at radius 1 is 1.10 bits per heavy atom. The minimum Gasteiger partial charge on any atom is -0.319 e. The van der Waals surface area contributed by atoms with Crippen LogP contribution in [0.2, 0.25) is 0 Å². The van der Waals surface area contributed by atoms with Crippen molar-refractivity contribution in [2.24, 2.45) is 0 Å². The van der Waals surface area contributed by atoms with Crippen molar-refractivity contribution >= 4 is 11.6 Å². The van der Waals surface area contributed by atoms with E-state index in [1.165, 1.54) is 18.2 Å². The van der Waals surface area contributed by atoms with Crippen molar-refractivity contribution in [2.75, 3.05) is 5.32 Å². The van der Waals surface area contributed by atoms with Gasteiger partial charge in [0.2, 0.25) is 0 Å². The number of nitrogens with one attached hydrogen (secondary N) is 1. The van der Waals surface area contributed by atoms with Gasteiger partial charge in [0, 0.05) is 5.56 Å². The minimum absolute atomic E-state index is 0.0805. The summed E-state index contributed by atoms with van der Waals surface area (Å²) >= 11 is 0. The van der Waals surface area contributed by atoms with Gasteiger partial charge in [-0.3, -0.25) is 4.79 Å². The summed E-state index contributed by atoms with van der Waals surface area (Å²) in [6.45, 7) is 1.68. The maximum atomic E-state index is 13.6. The Balaban J connectivity index is 2.25. The van der Waals surface area contributed by atoms with Crippen LogP contribution < -0.4 is 5.32 Å². The Bertz CT molecular complexity index is 680. The molecule has 0 aliphatic carbocycles. The monoisotopic (exact) mass is 297 g/mol. The molecule has 2 rings (SSSR count). The van der Waals surface area contributed by atoms with E-state index < -0.39 is 23.5 Å². The lowest BCUT2D eigenvalue weighted by Gasteiger charge is -2.10. The van der Waals surface area contributed by atoms with Gasteiger partial charge in [-0.2, -0.15) is 13.2 Å². The molecule has 21 heavy (non-hydrogen) atoms. The largest absolute Gasteiger partial charge is 0.416 e. The quantitative estimate of drug-likeness (QED) is 0.818. The standard InChI is InChI=1S/C15H11F4NO/c1-9-5-6-13(12(16)7-9)20-14(21)10-3-2-4-11(8-10)15(17,18)19/h2-8H,1H3,(H,20,21). The normalized spacial score (nSPS) is 11.3. The molecule has 110 valence electrons. The number of halogens is 4. The molecule has 1 amide bonds. The van der Waals surface area contributed by atoms with Crippen LogP contribution in [-0.4, -0.2) is 5.91 Å². The highest BCUT2D eigenvalue weighted by atomic mass is 19.4. The van der Waals surface area contributed by atoms with E-state index in [-0.39, 0.29) is 11.3 Å². The fourth-order valence-electron chi connectivity index (χ4n) is 1.75. The summed E-state index contributed by atoms with van der Waals surface area (Å²) in [5.74, 6) is -1.45. The third-order valence-electron chi connectivity index (χ3n) is 2.82. The van der Waals surface area contributed by atoms with E-state index in [1.807, 2.05) is 0 Å². The number of alkyl halides is 3. The third kappa shape index (κ3) is 3.59. The van der Waals surface area contributed by atoms with Crippen LogP contribution in [0.1, 0.15) is 21.5 Å². The minimum atomic E-state index is -4.54. The molecule has 0 saturated heterocycles. The van der Waals surface area contributed by atoms with Crippen molar-refractivity contribution in [2.45, 2.75) is 13.1 Å². The average molecular weight is 297 g/mol. The van der Waals surface area contributed by atoms with E-state index >= 15 is 0 Å². The molecule has 2 aromatic carbocycles. The summed E-state index contributed by atoms with van der Waals surface area (Å²) in [6.07, 6.45) is -4.54. The van der Waals surface area contributed by atoms with Crippen LogP contribution in [0.25, 0.3) is 0 Å². The van der Waals surface area contributed by atoms with Gasteiger partial charge in [-0.25, -0.2) is 4.39 Å². The molecule has 0 aliphatic heterocycles. The second-order valence-electron chi connectivity index (χ2n) is 4.52. The van der Waals surface area contributed by atoms with Crippen molar-refractivity contribution in [3.63, 3.8) is 0 Å². The molecule has 0 spiro atoms. The lowest BCUT2D eigenvalue weighted by Crippen LogP contribution is -2.14. The molecule has 0 unspecified atom stereocenters. The number of carbonyl (C=O) groups is 1. The first-order valence-electron chi connectivity index (χ1n) is 6.02. The van der Waals surface area contributed by atoms with Gasteiger partial charge in [0.1, 0.15) is 5.82 Å². The van der Waals surface area contributed by atoms with Gasteiger partial charge >= 0.3 is 6.18 Å². The number of benzene rings is 2. The summed E-state index contributed by atoms with van der Waals surface area (Å²) in [6, 6.07) is 8.12. The molecule has 0 aromatic heterocycles. The Morgan fingerprint density at radius 3 is 2.43 bits per heavy atom. The van der Waals surface area contributed by atoms with Crippen LogP contribution in [0.3, 0.4) is 0 Å².